The molecule has 0 N–H and O–H groups in total. The van der Waals surface area contributed by atoms with Crippen LogP contribution in [-0.2, 0) is 6.54 Å². The number of aliphatic imine (C=N–C) groups is 1. The first kappa shape index (κ1) is 21.1. The Morgan fingerprint density at radius 1 is 1.00 bits per heavy atom. The van der Waals surface area contributed by atoms with Crippen molar-refractivity contribution in [1.29, 1.82) is 0 Å². The minimum Gasteiger partial charge on any atom is -0.343 e. The zero-order chi connectivity index (χ0) is 23.1. The molecule has 5 rings (SSSR count). The third-order valence-corrected chi connectivity index (χ3v) is 5.82. The number of aromatic nitrogens is 2. The number of hydrogen-bond acceptors (Lipinski definition) is 3. The van der Waals surface area contributed by atoms with Gasteiger partial charge in [-0.2, -0.15) is 0 Å². The van der Waals surface area contributed by atoms with Crippen LogP contribution in [0.15, 0.2) is 77.8 Å². The van der Waals surface area contributed by atoms with E-state index in [1.165, 1.54) is 11.0 Å². The fourth-order valence-corrected chi connectivity index (χ4v) is 4.21. The van der Waals surface area contributed by atoms with Crippen LogP contribution in [0.25, 0.3) is 17.1 Å². The maximum absolute atomic E-state index is 14.8. The molecule has 164 valence electrons. The largest absolute Gasteiger partial charge is 0.343 e. The van der Waals surface area contributed by atoms with Crippen LogP contribution in [0, 0.1) is 5.82 Å². The number of imidazole rings is 1. The minimum absolute atomic E-state index is 0.157. The maximum Gasteiger partial charge on any atom is 0.273 e. The summed E-state index contributed by atoms with van der Waals surface area (Å²) in [6.07, 6.45) is 0. The predicted molar refractivity (Wildman–Crippen MR) is 128 cm³/mol. The molecule has 1 aromatic heterocycles. The number of hydrogen-bond donors (Lipinski definition) is 0. The van der Waals surface area contributed by atoms with E-state index in [4.69, 9.17) is 21.6 Å². The van der Waals surface area contributed by atoms with E-state index in [1.54, 1.807) is 44.4 Å². The van der Waals surface area contributed by atoms with E-state index in [9.17, 15) is 9.18 Å². The molecule has 2 heterocycles. The topological polar surface area (TPSA) is 50.5 Å². The monoisotopic (exact) mass is 458 g/mol. The molecular formula is C26H20ClFN4O. The second kappa shape index (κ2) is 8.30. The number of halogens is 2. The Hall–Kier alpha value is -3.77. The molecule has 5 nitrogen and oxygen atoms in total. The Kier molecular flexibility index (Phi) is 5.30. The quantitative estimate of drug-likeness (QED) is 0.413. The van der Waals surface area contributed by atoms with Crippen molar-refractivity contribution in [3.8, 4) is 17.1 Å². The number of carbonyl (C=O) groups excluding carboxylic acids is 1. The van der Waals surface area contributed by atoms with Crippen LogP contribution in [0.3, 0.4) is 0 Å². The highest BCUT2D eigenvalue weighted by Gasteiger charge is 2.29. The summed E-state index contributed by atoms with van der Waals surface area (Å²) in [5.41, 5.74) is 4.08. The molecule has 0 aliphatic carbocycles. The molecule has 1 amide bonds. The van der Waals surface area contributed by atoms with Crippen LogP contribution in [0.1, 0.15) is 27.3 Å². The number of nitrogens with zero attached hydrogens (tertiary/aromatic N) is 4. The lowest BCUT2D eigenvalue weighted by atomic mass is 10.00. The molecule has 0 fully saturated rings. The van der Waals surface area contributed by atoms with Gasteiger partial charge in [-0.05, 0) is 30.3 Å². The smallest absolute Gasteiger partial charge is 0.273 e. The molecule has 1 aliphatic heterocycles. The van der Waals surface area contributed by atoms with Crippen LogP contribution in [0.5, 0.6) is 0 Å². The molecule has 7 heteroatoms. The highest BCUT2D eigenvalue weighted by molar-refractivity contribution is 6.31. The molecule has 4 aromatic rings. The Bertz CT molecular complexity index is 1410. The normalized spacial score (nSPS) is 12.4. The third kappa shape index (κ3) is 3.62. The molecule has 3 aromatic carbocycles. The third-order valence-electron chi connectivity index (χ3n) is 5.58. The fraction of sp³-hybridized carbons (Fsp3) is 0.115. The Morgan fingerprint density at radius 2 is 1.73 bits per heavy atom. The average Bonchev–Trinajstić information content (AvgIpc) is 3.11. The van der Waals surface area contributed by atoms with Gasteiger partial charge in [0, 0.05) is 35.8 Å². The first-order valence-corrected chi connectivity index (χ1v) is 10.8. The van der Waals surface area contributed by atoms with Gasteiger partial charge in [0.05, 0.1) is 23.6 Å². The zero-order valence-corrected chi connectivity index (χ0v) is 18.8. The van der Waals surface area contributed by atoms with Gasteiger partial charge in [0.1, 0.15) is 11.6 Å². The van der Waals surface area contributed by atoms with Crippen molar-refractivity contribution >= 4 is 23.2 Å². The molecule has 0 saturated carbocycles. The van der Waals surface area contributed by atoms with E-state index in [0.29, 0.717) is 39.1 Å². The van der Waals surface area contributed by atoms with Gasteiger partial charge in [-0.15, -0.1) is 0 Å². The van der Waals surface area contributed by atoms with Gasteiger partial charge < -0.3 is 4.90 Å². The first-order chi connectivity index (χ1) is 16.0. The molecule has 1 aliphatic rings. The van der Waals surface area contributed by atoms with Gasteiger partial charge in [-0.1, -0.05) is 54.1 Å². The summed E-state index contributed by atoms with van der Waals surface area (Å²) < 4.78 is 16.8. The molecule has 0 spiro atoms. The summed E-state index contributed by atoms with van der Waals surface area (Å²) in [4.78, 5) is 24.1. The molecule has 33 heavy (non-hydrogen) atoms. The number of rotatable bonds is 3. The molecular weight excluding hydrogens is 439 g/mol. The summed E-state index contributed by atoms with van der Waals surface area (Å²) in [6, 6.07) is 21.6. The standard InChI is InChI=1S/C26H20ClFN4O/c1-31(2)26(33)24-22-15-29-23(18-10-6-7-11-20(18)28)19-14-17(27)12-13-21(19)32(22)25(30-24)16-8-4-3-5-9-16/h3-14H,15H2,1-2H3. The van der Waals surface area contributed by atoms with Crippen LogP contribution in [0.4, 0.5) is 4.39 Å². The lowest BCUT2D eigenvalue weighted by molar-refractivity contribution is 0.0821. The van der Waals surface area contributed by atoms with Crippen molar-refractivity contribution in [1.82, 2.24) is 14.5 Å². The van der Waals surface area contributed by atoms with Gasteiger partial charge in [0.25, 0.3) is 5.91 Å². The lowest BCUT2D eigenvalue weighted by Crippen LogP contribution is -2.23. The summed E-state index contributed by atoms with van der Waals surface area (Å²) >= 11 is 6.37. The molecule has 0 radical (unpaired) electrons. The van der Waals surface area contributed by atoms with E-state index in [1.807, 2.05) is 41.0 Å². The van der Waals surface area contributed by atoms with Crippen molar-refractivity contribution in [2.45, 2.75) is 6.54 Å². The van der Waals surface area contributed by atoms with Gasteiger partial charge in [0.15, 0.2) is 5.69 Å². The lowest BCUT2D eigenvalue weighted by Gasteiger charge is -2.15. The van der Waals surface area contributed by atoms with Crippen molar-refractivity contribution < 1.29 is 9.18 Å². The molecule has 0 saturated heterocycles. The summed E-state index contributed by atoms with van der Waals surface area (Å²) in [5, 5.41) is 0.507. The highest BCUT2D eigenvalue weighted by atomic mass is 35.5. The summed E-state index contributed by atoms with van der Waals surface area (Å²) in [5.74, 6) is 0.0186. The van der Waals surface area contributed by atoms with E-state index < -0.39 is 0 Å². The Balaban J connectivity index is 1.84. The highest BCUT2D eigenvalue weighted by Crippen LogP contribution is 2.34. The SMILES string of the molecule is CN(C)C(=O)c1nc(-c2ccccc2)n2c1CN=C(c1ccccc1F)c1cc(Cl)ccc1-2. The minimum atomic E-state index is -0.375. The number of fused-ring (bicyclic) bond motifs is 3. The van der Waals surface area contributed by atoms with E-state index in [-0.39, 0.29) is 18.3 Å². The van der Waals surface area contributed by atoms with E-state index in [0.717, 1.165) is 11.3 Å². The second-order valence-corrected chi connectivity index (χ2v) is 8.37. The number of benzene rings is 3. The fourth-order valence-electron chi connectivity index (χ4n) is 4.04. The van der Waals surface area contributed by atoms with Crippen LogP contribution in [0.2, 0.25) is 5.02 Å². The predicted octanol–water partition coefficient (Wildman–Crippen LogP) is 5.38. The number of carbonyl (C=O) groups is 1. The molecule has 0 atom stereocenters. The second-order valence-electron chi connectivity index (χ2n) is 7.94. The van der Waals surface area contributed by atoms with E-state index in [2.05, 4.69) is 0 Å². The van der Waals surface area contributed by atoms with Gasteiger partial charge >= 0.3 is 0 Å². The molecule has 0 unspecified atom stereocenters. The summed E-state index contributed by atoms with van der Waals surface area (Å²) in [6.45, 7) is 0.157. The van der Waals surface area contributed by atoms with Crippen molar-refractivity contribution in [2.75, 3.05) is 14.1 Å². The van der Waals surface area contributed by atoms with Gasteiger partial charge in [-0.25, -0.2) is 9.37 Å². The number of amides is 1. The van der Waals surface area contributed by atoms with Gasteiger partial charge in [-0.3, -0.25) is 14.4 Å². The summed E-state index contributed by atoms with van der Waals surface area (Å²) in [7, 11) is 3.38. The van der Waals surface area contributed by atoms with Gasteiger partial charge in [0.2, 0.25) is 0 Å². The van der Waals surface area contributed by atoms with Crippen molar-refractivity contribution in [3.05, 3.63) is 106 Å². The van der Waals surface area contributed by atoms with Crippen LogP contribution >= 0.6 is 11.6 Å². The van der Waals surface area contributed by atoms with Crippen LogP contribution < -0.4 is 0 Å². The average molecular weight is 459 g/mol. The Labute approximate surface area is 195 Å². The van der Waals surface area contributed by atoms with Crippen LogP contribution in [-0.4, -0.2) is 40.2 Å². The molecule has 0 bridgehead atoms. The first-order valence-electron chi connectivity index (χ1n) is 10.4. The van der Waals surface area contributed by atoms with E-state index >= 15 is 0 Å². The Morgan fingerprint density at radius 3 is 2.45 bits per heavy atom. The maximum atomic E-state index is 14.8. The van der Waals surface area contributed by atoms with Crippen molar-refractivity contribution in [2.24, 2.45) is 4.99 Å². The van der Waals surface area contributed by atoms with Crippen molar-refractivity contribution in [3.63, 3.8) is 0 Å². The zero-order valence-electron chi connectivity index (χ0n) is 18.1.